The van der Waals surface area contributed by atoms with Crippen LogP contribution >= 0.6 is 11.6 Å². The van der Waals surface area contributed by atoms with E-state index in [0.717, 1.165) is 53.2 Å². The molecule has 2 saturated carbocycles. The molecule has 2 aliphatic carbocycles. The van der Waals surface area contributed by atoms with Crippen molar-refractivity contribution in [3.63, 3.8) is 0 Å². The predicted octanol–water partition coefficient (Wildman–Crippen LogP) is 9.46. The zero-order chi connectivity index (χ0) is 27.1. The molecule has 5 heteroatoms. The molecule has 0 saturated heterocycles. The van der Waals surface area contributed by atoms with Crippen LogP contribution in [-0.4, -0.2) is 17.2 Å². The van der Waals surface area contributed by atoms with E-state index in [1.165, 1.54) is 36.8 Å². The van der Waals surface area contributed by atoms with E-state index in [0.29, 0.717) is 6.61 Å². The minimum atomic E-state index is -0.250. The molecule has 0 radical (unpaired) electrons. The topological polar surface area (TPSA) is 55.8 Å². The Kier molecular flexibility index (Phi) is 14.6. The van der Waals surface area contributed by atoms with Crippen LogP contribution in [0.3, 0.4) is 0 Å². The van der Waals surface area contributed by atoms with Crippen LogP contribution in [0.1, 0.15) is 110 Å². The highest BCUT2D eigenvalue weighted by Gasteiger charge is 2.42. The summed E-state index contributed by atoms with van der Waals surface area (Å²) in [6.07, 6.45) is 8.45. The summed E-state index contributed by atoms with van der Waals surface area (Å²) in [7, 11) is 0. The van der Waals surface area contributed by atoms with Gasteiger partial charge in [-0.25, -0.2) is 0 Å². The maximum atomic E-state index is 8.36. The second kappa shape index (κ2) is 16.5. The van der Waals surface area contributed by atoms with Gasteiger partial charge in [-0.05, 0) is 73.8 Å². The van der Waals surface area contributed by atoms with Crippen molar-refractivity contribution in [3.05, 3.63) is 58.1 Å². The summed E-state index contributed by atoms with van der Waals surface area (Å²) in [5.41, 5.74) is 3.78. The molecule has 2 fully saturated rings. The number of fused-ring (bicyclic) bond motifs is 1. The Labute approximate surface area is 224 Å². The van der Waals surface area contributed by atoms with Crippen molar-refractivity contribution < 1.29 is 19.4 Å². The van der Waals surface area contributed by atoms with Crippen LogP contribution in [0.4, 0.5) is 0 Å². The molecule has 3 aliphatic rings. The van der Waals surface area contributed by atoms with E-state index >= 15 is 0 Å². The molecule has 36 heavy (non-hydrogen) atoms. The van der Waals surface area contributed by atoms with Crippen LogP contribution < -0.4 is 9.47 Å². The molecule has 0 aromatic heterocycles. The van der Waals surface area contributed by atoms with Gasteiger partial charge in [-0.15, -0.1) is 0 Å². The van der Waals surface area contributed by atoms with E-state index in [2.05, 4.69) is 37.3 Å². The highest BCUT2D eigenvalue weighted by molar-refractivity contribution is 6.30. The third-order valence-corrected chi connectivity index (χ3v) is 6.92. The zero-order valence-electron chi connectivity index (χ0n) is 23.4. The summed E-state index contributed by atoms with van der Waals surface area (Å²) in [6.45, 7) is 14.5. The Morgan fingerprint density at radius 2 is 1.64 bits per heavy atom. The number of hydrogen-bond donors (Lipinski definition) is 1. The predicted molar refractivity (Wildman–Crippen MR) is 152 cm³/mol. The summed E-state index contributed by atoms with van der Waals surface area (Å²) < 4.78 is 12.6. The second-order valence-corrected chi connectivity index (χ2v) is 9.13. The Hall–Kier alpha value is -2.20. The standard InChI is InChI=1S/C24H27ClO2.3C2H6.CH2O2/c1-2-16-13-22(16)17-5-7-21(8-6-17)26-15-19-12-20(25)11-18-14-24(27-23(18)19)9-3-4-10-24;3*1-2;2-1-3/h5-8,11-12,16,22H,2-4,9-10,13-15H2,1H3;3*1-2H3;1H,(H,2,3). The number of carboxylic acid groups (broad SMARTS) is 1. The van der Waals surface area contributed by atoms with Gasteiger partial charge in [-0.1, -0.05) is 78.6 Å². The van der Waals surface area contributed by atoms with Crippen LogP contribution in [-0.2, 0) is 17.8 Å². The number of hydrogen-bond acceptors (Lipinski definition) is 3. The first-order chi connectivity index (χ1) is 17.6. The number of benzene rings is 2. The quantitative estimate of drug-likeness (QED) is 0.400. The lowest BCUT2D eigenvalue weighted by atomic mass is 9.95. The third kappa shape index (κ3) is 8.44. The molecule has 2 atom stereocenters. The third-order valence-electron chi connectivity index (χ3n) is 6.70. The van der Waals surface area contributed by atoms with Crippen molar-refractivity contribution in [2.45, 2.75) is 112 Å². The lowest BCUT2D eigenvalue weighted by Crippen LogP contribution is -2.30. The highest BCUT2D eigenvalue weighted by Crippen LogP contribution is 2.50. The summed E-state index contributed by atoms with van der Waals surface area (Å²) >= 11 is 6.38. The monoisotopic (exact) mass is 518 g/mol. The zero-order valence-corrected chi connectivity index (χ0v) is 24.2. The summed E-state index contributed by atoms with van der Waals surface area (Å²) in [5.74, 6) is 3.57. The first-order valence-corrected chi connectivity index (χ1v) is 14.3. The molecule has 202 valence electrons. The first-order valence-electron chi connectivity index (χ1n) is 13.9. The van der Waals surface area contributed by atoms with Gasteiger partial charge in [0.05, 0.1) is 0 Å². The Morgan fingerprint density at radius 1 is 1.06 bits per heavy atom. The minimum absolute atomic E-state index is 0.0174. The largest absolute Gasteiger partial charge is 0.489 e. The summed E-state index contributed by atoms with van der Waals surface area (Å²) in [5, 5.41) is 7.67. The van der Waals surface area contributed by atoms with Gasteiger partial charge in [0.1, 0.15) is 23.7 Å². The van der Waals surface area contributed by atoms with Crippen LogP contribution in [0, 0.1) is 5.92 Å². The maximum absolute atomic E-state index is 8.36. The average molecular weight is 519 g/mol. The maximum Gasteiger partial charge on any atom is 0.290 e. The van der Waals surface area contributed by atoms with Crippen LogP contribution in [0.2, 0.25) is 5.02 Å². The average Bonchev–Trinajstić information content (AvgIpc) is 3.44. The van der Waals surface area contributed by atoms with Gasteiger partial charge >= 0.3 is 0 Å². The highest BCUT2D eigenvalue weighted by atomic mass is 35.5. The number of ether oxygens (including phenoxy) is 2. The van der Waals surface area contributed by atoms with Crippen molar-refractivity contribution in [1.29, 1.82) is 0 Å². The summed E-state index contributed by atoms with van der Waals surface area (Å²) in [6, 6.07) is 12.7. The molecule has 5 rings (SSSR count). The lowest BCUT2D eigenvalue weighted by Gasteiger charge is -2.23. The van der Waals surface area contributed by atoms with Gasteiger partial charge in [0.25, 0.3) is 6.47 Å². The van der Waals surface area contributed by atoms with Crippen LogP contribution in [0.25, 0.3) is 0 Å². The molecule has 2 aromatic rings. The molecule has 1 aliphatic heterocycles. The van der Waals surface area contributed by atoms with E-state index in [4.69, 9.17) is 31.0 Å². The molecule has 1 spiro atoms. The first kappa shape index (κ1) is 31.8. The lowest BCUT2D eigenvalue weighted by molar-refractivity contribution is -0.122. The molecular formula is C31H47ClO4. The SMILES string of the molecule is CC.CC.CC.CCC1CC1c1ccc(OCc2cc(Cl)cc3c2OC2(CCCC2)C3)cc1.O=CO. The van der Waals surface area contributed by atoms with E-state index in [1.807, 2.05) is 47.6 Å². The van der Waals surface area contributed by atoms with Crippen molar-refractivity contribution in [2.24, 2.45) is 5.92 Å². The van der Waals surface area contributed by atoms with Gasteiger partial charge < -0.3 is 14.6 Å². The van der Waals surface area contributed by atoms with Gasteiger partial charge in [-0.2, -0.15) is 0 Å². The number of rotatable bonds is 5. The van der Waals surface area contributed by atoms with E-state index in [-0.39, 0.29) is 12.1 Å². The molecule has 2 unspecified atom stereocenters. The van der Waals surface area contributed by atoms with E-state index < -0.39 is 0 Å². The molecule has 0 amide bonds. The normalized spacial score (nSPS) is 19.3. The van der Waals surface area contributed by atoms with Gasteiger partial charge in [-0.3, -0.25) is 4.79 Å². The van der Waals surface area contributed by atoms with Crippen molar-refractivity contribution >= 4 is 18.1 Å². The number of carbonyl (C=O) groups is 1. The smallest absolute Gasteiger partial charge is 0.290 e. The number of halogens is 1. The molecule has 2 aromatic carbocycles. The molecule has 4 nitrogen and oxygen atoms in total. The molecule has 1 N–H and O–H groups in total. The Balaban J connectivity index is 0.000000647. The Bertz CT molecular complexity index is 888. The fourth-order valence-electron chi connectivity index (χ4n) is 5.06. The van der Waals surface area contributed by atoms with E-state index in [1.54, 1.807) is 0 Å². The van der Waals surface area contributed by atoms with Crippen molar-refractivity contribution in [2.75, 3.05) is 0 Å². The van der Waals surface area contributed by atoms with Gasteiger partial charge in [0.15, 0.2) is 0 Å². The van der Waals surface area contributed by atoms with Crippen molar-refractivity contribution in [1.82, 2.24) is 0 Å². The van der Waals surface area contributed by atoms with Crippen LogP contribution in [0.5, 0.6) is 11.5 Å². The summed E-state index contributed by atoms with van der Waals surface area (Å²) in [4.78, 5) is 8.36. The van der Waals surface area contributed by atoms with Crippen LogP contribution in [0.15, 0.2) is 36.4 Å². The van der Waals surface area contributed by atoms with Gasteiger partial charge in [0.2, 0.25) is 0 Å². The molecule has 1 heterocycles. The fraction of sp³-hybridized carbons (Fsp3) is 0.581. The van der Waals surface area contributed by atoms with Crippen molar-refractivity contribution in [3.8, 4) is 11.5 Å². The van der Waals surface area contributed by atoms with Gasteiger partial charge in [0, 0.05) is 22.6 Å². The van der Waals surface area contributed by atoms with E-state index in [9.17, 15) is 0 Å². The molecular weight excluding hydrogens is 472 g/mol. The fourth-order valence-corrected chi connectivity index (χ4v) is 5.32. The molecule has 0 bridgehead atoms. The minimum Gasteiger partial charge on any atom is -0.489 e. The second-order valence-electron chi connectivity index (χ2n) is 8.70. The Morgan fingerprint density at radius 3 is 2.17 bits per heavy atom.